The Labute approximate surface area is 118 Å². The van der Waals surface area contributed by atoms with Gasteiger partial charge in [-0.2, -0.15) is 0 Å². The smallest absolute Gasteiger partial charge is 0.178 e. The molecule has 0 saturated heterocycles. The van der Waals surface area contributed by atoms with Gasteiger partial charge in [-0.05, 0) is 30.7 Å². The Balaban J connectivity index is 1.82. The number of nitrogens with zero attached hydrogens (tertiary/aromatic N) is 3. The van der Waals surface area contributed by atoms with Gasteiger partial charge in [0, 0.05) is 25.0 Å². The predicted octanol–water partition coefficient (Wildman–Crippen LogP) is 1.57. The fourth-order valence-corrected chi connectivity index (χ4v) is 2.66. The van der Waals surface area contributed by atoms with E-state index in [0.717, 1.165) is 25.2 Å². The molecule has 7 heteroatoms. The van der Waals surface area contributed by atoms with Crippen LogP contribution in [0.4, 0.5) is 5.69 Å². The van der Waals surface area contributed by atoms with Crippen molar-refractivity contribution in [3.63, 3.8) is 0 Å². The lowest BCUT2D eigenvalue weighted by molar-refractivity contribution is 0.570. The van der Waals surface area contributed by atoms with Crippen molar-refractivity contribution in [3.05, 3.63) is 36.7 Å². The average molecular weight is 294 g/mol. The van der Waals surface area contributed by atoms with Crippen molar-refractivity contribution in [2.24, 2.45) is 0 Å². The SMILES string of the molecule is CCS(=O)(=O)c1ccc(NCCCn2ccnn2)cc1. The maximum absolute atomic E-state index is 11.7. The first-order valence-electron chi connectivity index (χ1n) is 6.52. The molecular weight excluding hydrogens is 276 g/mol. The molecule has 2 aromatic rings. The number of rotatable bonds is 7. The zero-order valence-electron chi connectivity index (χ0n) is 11.4. The van der Waals surface area contributed by atoms with Crippen LogP contribution in [-0.2, 0) is 16.4 Å². The van der Waals surface area contributed by atoms with Crippen LogP contribution in [0.3, 0.4) is 0 Å². The molecule has 20 heavy (non-hydrogen) atoms. The van der Waals surface area contributed by atoms with E-state index in [4.69, 9.17) is 0 Å². The summed E-state index contributed by atoms with van der Waals surface area (Å²) in [7, 11) is -3.12. The summed E-state index contributed by atoms with van der Waals surface area (Å²) in [5.74, 6) is 0.123. The molecule has 108 valence electrons. The number of hydrogen-bond donors (Lipinski definition) is 1. The van der Waals surface area contributed by atoms with Gasteiger partial charge in [-0.1, -0.05) is 12.1 Å². The molecule has 0 atom stereocenters. The molecule has 0 saturated carbocycles. The van der Waals surface area contributed by atoms with Crippen LogP contribution in [0.5, 0.6) is 0 Å². The fourth-order valence-electron chi connectivity index (χ4n) is 1.77. The second kappa shape index (κ2) is 6.51. The van der Waals surface area contributed by atoms with E-state index in [1.54, 1.807) is 42.1 Å². The zero-order valence-corrected chi connectivity index (χ0v) is 12.2. The molecule has 0 radical (unpaired) electrons. The van der Waals surface area contributed by atoms with E-state index in [1.165, 1.54) is 0 Å². The highest BCUT2D eigenvalue weighted by Gasteiger charge is 2.10. The Hall–Kier alpha value is -1.89. The molecule has 0 bridgehead atoms. The Kier molecular flexibility index (Phi) is 4.73. The molecule has 1 aromatic heterocycles. The van der Waals surface area contributed by atoms with Gasteiger partial charge < -0.3 is 5.32 Å². The zero-order chi connectivity index (χ0) is 14.4. The van der Waals surface area contributed by atoms with Crippen LogP contribution in [0.1, 0.15) is 13.3 Å². The van der Waals surface area contributed by atoms with Crippen LogP contribution in [0.2, 0.25) is 0 Å². The third-order valence-corrected chi connectivity index (χ3v) is 4.71. The predicted molar refractivity (Wildman–Crippen MR) is 77.3 cm³/mol. The molecule has 0 aliphatic carbocycles. The highest BCUT2D eigenvalue weighted by Crippen LogP contribution is 2.15. The molecule has 1 heterocycles. The van der Waals surface area contributed by atoms with Gasteiger partial charge in [0.1, 0.15) is 0 Å². The maximum atomic E-state index is 11.7. The third-order valence-electron chi connectivity index (χ3n) is 2.96. The number of sulfone groups is 1. The molecule has 0 unspecified atom stereocenters. The molecule has 6 nitrogen and oxygen atoms in total. The summed E-state index contributed by atoms with van der Waals surface area (Å²) < 4.78 is 25.1. The quantitative estimate of drug-likeness (QED) is 0.784. The van der Waals surface area contributed by atoms with Crippen molar-refractivity contribution in [2.45, 2.75) is 24.8 Å². The largest absolute Gasteiger partial charge is 0.385 e. The number of hydrogen-bond acceptors (Lipinski definition) is 5. The number of aromatic nitrogens is 3. The van der Waals surface area contributed by atoms with Crippen molar-refractivity contribution in [1.82, 2.24) is 15.0 Å². The lowest BCUT2D eigenvalue weighted by Gasteiger charge is -2.07. The van der Waals surface area contributed by atoms with Crippen LogP contribution in [0.25, 0.3) is 0 Å². The summed E-state index contributed by atoms with van der Waals surface area (Å²) in [6, 6.07) is 6.85. The minimum Gasteiger partial charge on any atom is -0.385 e. The summed E-state index contributed by atoms with van der Waals surface area (Å²) in [6.45, 7) is 3.24. The molecule has 0 spiro atoms. The van der Waals surface area contributed by atoms with Crippen LogP contribution in [0.15, 0.2) is 41.6 Å². The average Bonchev–Trinajstić information content (AvgIpc) is 2.97. The minimum absolute atomic E-state index is 0.123. The number of anilines is 1. The molecular formula is C13H18N4O2S. The summed E-state index contributed by atoms with van der Waals surface area (Å²) in [5, 5.41) is 10.9. The van der Waals surface area contributed by atoms with E-state index in [2.05, 4.69) is 15.6 Å². The van der Waals surface area contributed by atoms with E-state index in [-0.39, 0.29) is 5.75 Å². The number of benzene rings is 1. The molecule has 2 rings (SSSR count). The van der Waals surface area contributed by atoms with Crippen molar-refractivity contribution >= 4 is 15.5 Å². The second-order valence-electron chi connectivity index (χ2n) is 4.37. The lowest BCUT2D eigenvalue weighted by Crippen LogP contribution is -2.08. The standard InChI is InChI=1S/C13H18N4O2S/c1-2-20(18,19)13-6-4-12(5-7-13)14-8-3-10-17-11-9-15-16-17/h4-7,9,11,14H,2-3,8,10H2,1H3. The third kappa shape index (κ3) is 3.80. The second-order valence-corrected chi connectivity index (χ2v) is 6.65. The Morgan fingerprint density at radius 2 is 2.00 bits per heavy atom. The van der Waals surface area contributed by atoms with Crippen LogP contribution in [0, 0.1) is 0 Å². The minimum atomic E-state index is -3.12. The summed E-state index contributed by atoms with van der Waals surface area (Å²) in [6.07, 6.45) is 4.39. The van der Waals surface area contributed by atoms with Crippen LogP contribution < -0.4 is 5.32 Å². The van der Waals surface area contributed by atoms with Crippen molar-refractivity contribution in [1.29, 1.82) is 0 Å². The van der Waals surface area contributed by atoms with Gasteiger partial charge in [-0.15, -0.1) is 5.10 Å². The summed E-state index contributed by atoms with van der Waals surface area (Å²) in [4.78, 5) is 0.369. The van der Waals surface area contributed by atoms with Gasteiger partial charge in [0.15, 0.2) is 9.84 Å². The number of nitrogens with one attached hydrogen (secondary N) is 1. The van der Waals surface area contributed by atoms with Gasteiger partial charge in [-0.3, -0.25) is 4.68 Å². The monoisotopic (exact) mass is 294 g/mol. The topological polar surface area (TPSA) is 76.9 Å². The van der Waals surface area contributed by atoms with E-state index in [9.17, 15) is 8.42 Å². The van der Waals surface area contributed by atoms with E-state index in [1.807, 2.05) is 6.20 Å². The molecule has 0 amide bonds. The molecule has 1 N–H and O–H groups in total. The van der Waals surface area contributed by atoms with Crippen LogP contribution in [-0.4, -0.2) is 35.7 Å². The summed E-state index contributed by atoms with van der Waals surface area (Å²) >= 11 is 0. The molecule has 0 aliphatic heterocycles. The van der Waals surface area contributed by atoms with E-state index >= 15 is 0 Å². The first kappa shape index (κ1) is 14.5. The summed E-state index contributed by atoms with van der Waals surface area (Å²) in [5.41, 5.74) is 0.915. The normalized spacial score (nSPS) is 11.4. The first-order valence-corrected chi connectivity index (χ1v) is 8.18. The van der Waals surface area contributed by atoms with Crippen molar-refractivity contribution in [3.8, 4) is 0 Å². The van der Waals surface area contributed by atoms with E-state index in [0.29, 0.717) is 4.90 Å². The van der Waals surface area contributed by atoms with Gasteiger partial charge in [-0.25, -0.2) is 8.42 Å². The van der Waals surface area contributed by atoms with Gasteiger partial charge in [0.05, 0.1) is 16.8 Å². The highest BCUT2D eigenvalue weighted by molar-refractivity contribution is 7.91. The van der Waals surface area contributed by atoms with Crippen molar-refractivity contribution < 1.29 is 8.42 Å². The van der Waals surface area contributed by atoms with Crippen LogP contribution >= 0.6 is 0 Å². The maximum Gasteiger partial charge on any atom is 0.178 e. The first-order chi connectivity index (χ1) is 9.62. The molecule has 1 aromatic carbocycles. The van der Waals surface area contributed by atoms with Gasteiger partial charge in [0.2, 0.25) is 0 Å². The highest BCUT2D eigenvalue weighted by atomic mass is 32.2. The van der Waals surface area contributed by atoms with E-state index < -0.39 is 9.84 Å². The molecule has 0 aliphatic rings. The Morgan fingerprint density at radius 1 is 1.25 bits per heavy atom. The lowest BCUT2D eigenvalue weighted by atomic mass is 10.3. The Bertz CT molecular complexity index is 621. The van der Waals surface area contributed by atoms with Crippen molar-refractivity contribution in [2.75, 3.05) is 17.6 Å². The van der Waals surface area contributed by atoms with Gasteiger partial charge >= 0.3 is 0 Å². The van der Waals surface area contributed by atoms with Gasteiger partial charge in [0.25, 0.3) is 0 Å². The number of aryl methyl sites for hydroxylation is 1. The molecule has 0 fully saturated rings. The Morgan fingerprint density at radius 3 is 2.60 bits per heavy atom. The fraction of sp³-hybridized carbons (Fsp3) is 0.385.